The van der Waals surface area contributed by atoms with E-state index < -0.39 is 7.26 Å². The molecule has 0 aliphatic carbocycles. The molecular formula is C24H20PPd+. The maximum atomic E-state index is 2.28. The van der Waals surface area contributed by atoms with Crippen LogP contribution in [0.5, 0.6) is 0 Å². The van der Waals surface area contributed by atoms with Crippen molar-refractivity contribution in [3.8, 4) is 0 Å². The summed E-state index contributed by atoms with van der Waals surface area (Å²) in [5.74, 6) is 0. The maximum Gasteiger partial charge on any atom is 0.144 e. The Hall–Kier alpha value is -2.03. The monoisotopic (exact) mass is 445 g/mol. The molecule has 2 heteroatoms. The van der Waals surface area contributed by atoms with Gasteiger partial charge in [0.05, 0.1) is 0 Å². The van der Waals surface area contributed by atoms with Crippen molar-refractivity contribution in [1.82, 2.24) is 0 Å². The average molecular weight is 446 g/mol. The zero-order chi connectivity index (χ0) is 17.0. The van der Waals surface area contributed by atoms with Gasteiger partial charge in [-0.1, -0.05) is 72.8 Å². The maximum absolute atomic E-state index is 2.28. The van der Waals surface area contributed by atoms with Crippen molar-refractivity contribution in [3.63, 3.8) is 0 Å². The molecule has 0 saturated heterocycles. The second-order valence-corrected chi connectivity index (χ2v) is 9.42. The summed E-state index contributed by atoms with van der Waals surface area (Å²) in [4.78, 5) is 0. The third kappa shape index (κ3) is 3.32. The van der Waals surface area contributed by atoms with Gasteiger partial charge in [-0.3, -0.25) is 0 Å². The van der Waals surface area contributed by atoms with Crippen molar-refractivity contribution in [2.45, 2.75) is 0 Å². The van der Waals surface area contributed by atoms with Gasteiger partial charge in [-0.2, -0.15) is 0 Å². The molecule has 4 rings (SSSR count). The Balaban J connectivity index is 0.00000196. The summed E-state index contributed by atoms with van der Waals surface area (Å²) < 4.78 is 0. The van der Waals surface area contributed by atoms with Crippen molar-refractivity contribution in [3.05, 3.63) is 121 Å². The fourth-order valence-electron chi connectivity index (χ4n) is 3.50. The number of hydrogen-bond donors (Lipinski definition) is 0. The molecule has 0 aliphatic rings. The van der Waals surface area contributed by atoms with E-state index in [-0.39, 0.29) is 20.4 Å². The minimum absolute atomic E-state index is 0. The standard InChI is InChI=1S/C24H20P.Pd/c1-5-13-21(14-6-1)25(22-15-7-2-8-16-22,23-17-9-3-10-18-23)24-19-11-4-12-20-24;/h1-20H;/q+1;. The van der Waals surface area contributed by atoms with E-state index >= 15 is 0 Å². The molecule has 26 heavy (non-hydrogen) atoms. The van der Waals surface area contributed by atoms with Crippen LogP contribution in [0.25, 0.3) is 0 Å². The van der Waals surface area contributed by atoms with Crippen LogP contribution in [0.4, 0.5) is 0 Å². The third-order valence-electron chi connectivity index (χ3n) is 4.57. The van der Waals surface area contributed by atoms with Crippen molar-refractivity contribution in [1.29, 1.82) is 0 Å². The Labute approximate surface area is 169 Å². The SMILES string of the molecule is [Pd].c1ccc([P+](c2ccccc2)(c2ccccc2)c2ccccc2)cc1. The molecule has 130 valence electrons. The van der Waals surface area contributed by atoms with Gasteiger partial charge in [0, 0.05) is 20.4 Å². The molecule has 4 aromatic rings. The van der Waals surface area contributed by atoms with Crippen LogP contribution in [0.3, 0.4) is 0 Å². The van der Waals surface area contributed by atoms with E-state index in [1.54, 1.807) is 0 Å². The number of rotatable bonds is 4. The second kappa shape index (κ2) is 8.57. The van der Waals surface area contributed by atoms with Crippen LogP contribution < -0.4 is 21.2 Å². The molecule has 0 aromatic heterocycles. The Morgan fingerprint density at radius 3 is 0.692 bits per heavy atom. The molecule has 4 aromatic carbocycles. The van der Waals surface area contributed by atoms with Crippen molar-refractivity contribution in [2.75, 3.05) is 0 Å². The van der Waals surface area contributed by atoms with Gasteiger partial charge in [-0.25, -0.2) is 0 Å². The van der Waals surface area contributed by atoms with Gasteiger partial charge in [0.15, 0.2) is 0 Å². The zero-order valence-corrected chi connectivity index (χ0v) is 16.8. The minimum Gasteiger partial charge on any atom is -0.0620 e. The van der Waals surface area contributed by atoms with Crippen LogP contribution in [0, 0.1) is 0 Å². The Kier molecular flexibility index (Phi) is 6.18. The molecule has 0 nitrogen and oxygen atoms in total. The Bertz CT molecular complexity index is 759. The van der Waals surface area contributed by atoms with Gasteiger partial charge < -0.3 is 0 Å². The Morgan fingerprint density at radius 2 is 0.500 bits per heavy atom. The Morgan fingerprint density at radius 1 is 0.308 bits per heavy atom. The first-order valence-electron chi connectivity index (χ1n) is 8.54. The summed E-state index contributed by atoms with van der Waals surface area (Å²) in [5.41, 5.74) is 0. The van der Waals surface area contributed by atoms with Crippen molar-refractivity contribution < 1.29 is 20.4 Å². The van der Waals surface area contributed by atoms with E-state index in [2.05, 4.69) is 121 Å². The van der Waals surface area contributed by atoms with Gasteiger partial charge in [0.25, 0.3) is 0 Å². The van der Waals surface area contributed by atoms with Crippen molar-refractivity contribution in [2.24, 2.45) is 0 Å². The average Bonchev–Trinajstić information content (AvgIpc) is 2.72. The third-order valence-corrected chi connectivity index (χ3v) is 8.86. The molecule has 0 radical (unpaired) electrons. The predicted molar refractivity (Wildman–Crippen MR) is 111 cm³/mol. The first-order valence-corrected chi connectivity index (χ1v) is 10.3. The van der Waals surface area contributed by atoms with Gasteiger partial charge >= 0.3 is 0 Å². The largest absolute Gasteiger partial charge is 0.144 e. The topological polar surface area (TPSA) is 0 Å². The fourth-order valence-corrected chi connectivity index (χ4v) is 7.77. The molecular weight excluding hydrogens is 426 g/mol. The zero-order valence-electron chi connectivity index (χ0n) is 14.3. The van der Waals surface area contributed by atoms with E-state index in [1.807, 2.05) is 0 Å². The summed E-state index contributed by atoms with van der Waals surface area (Å²) in [7, 11) is -1.91. The molecule has 0 fully saturated rings. The van der Waals surface area contributed by atoms with Crippen LogP contribution in [-0.2, 0) is 20.4 Å². The van der Waals surface area contributed by atoms with Crippen LogP contribution in [0.15, 0.2) is 121 Å². The van der Waals surface area contributed by atoms with Gasteiger partial charge in [0.2, 0.25) is 0 Å². The number of benzene rings is 4. The fraction of sp³-hybridized carbons (Fsp3) is 0. The smallest absolute Gasteiger partial charge is 0.0620 e. The summed E-state index contributed by atoms with van der Waals surface area (Å²) in [6.45, 7) is 0. The normalized spacial score (nSPS) is 10.8. The molecule has 0 spiro atoms. The molecule has 0 heterocycles. The van der Waals surface area contributed by atoms with Gasteiger partial charge in [0.1, 0.15) is 28.5 Å². The number of hydrogen-bond acceptors (Lipinski definition) is 0. The summed E-state index contributed by atoms with van der Waals surface area (Å²) in [6.07, 6.45) is 0. The summed E-state index contributed by atoms with van der Waals surface area (Å²) in [6, 6.07) is 43.8. The van der Waals surface area contributed by atoms with Crippen molar-refractivity contribution >= 4 is 28.5 Å². The van der Waals surface area contributed by atoms with Crippen LogP contribution in [-0.4, -0.2) is 0 Å². The second-order valence-electron chi connectivity index (χ2n) is 6.01. The molecule has 0 unspecified atom stereocenters. The van der Waals surface area contributed by atoms with E-state index in [0.717, 1.165) is 0 Å². The van der Waals surface area contributed by atoms with E-state index in [9.17, 15) is 0 Å². The molecule has 0 aliphatic heterocycles. The molecule has 0 amide bonds. The van der Waals surface area contributed by atoms with Crippen LogP contribution in [0.1, 0.15) is 0 Å². The van der Waals surface area contributed by atoms with Crippen LogP contribution in [0.2, 0.25) is 0 Å². The summed E-state index contributed by atoms with van der Waals surface area (Å²) in [5, 5.41) is 5.55. The predicted octanol–water partition coefficient (Wildman–Crippen LogP) is 4.30. The summed E-state index contributed by atoms with van der Waals surface area (Å²) >= 11 is 0. The minimum atomic E-state index is -1.91. The molecule has 0 saturated carbocycles. The van der Waals surface area contributed by atoms with Crippen LogP contribution >= 0.6 is 7.26 Å². The quantitative estimate of drug-likeness (QED) is 0.324. The molecule has 0 atom stereocenters. The molecule has 0 bridgehead atoms. The first kappa shape index (κ1) is 18.8. The van der Waals surface area contributed by atoms with E-state index in [4.69, 9.17) is 0 Å². The van der Waals surface area contributed by atoms with Gasteiger partial charge in [-0.05, 0) is 48.5 Å². The first-order chi connectivity index (χ1) is 12.4. The van der Waals surface area contributed by atoms with E-state index in [1.165, 1.54) is 21.2 Å². The molecule has 0 N–H and O–H groups in total. The van der Waals surface area contributed by atoms with Gasteiger partial charge in [-0.15, -0.1) is 0 Å². The van der Waals surface area contributed by atoms with E-state index in [0.29, 0.717) is 0 Å².